The SMILES string of the molecule is Cn1cnc(CCNCCC(C)(C)O)n1. The van der Waals surface area contributed by atoms with Crippen LogP contribution in [-0.4, -0.2) is 38.6 Å². The predicted molar refractivity (Wildman–Crippen MR) is 58.5 cm³/mol. The van der Waals surface area contributed by atoms with E-state index in [0.717, 1.165) is 31.8 Å². The molecule has 86 valence electrons. The minimum atomic E-state index is -0.587. The van der Waals surface area contributed by atoms with Crippen LogP contribution >= 0.6 is 0 Å². The molecule has 0 aromatic carbocycles. The monoisotopic (exact) mass is 212 g/mol. The molecule has 5 nitrogen and oxygen atoms in total. The van der Waals surface area contributed by atoms with Gasteiger partial charge in [-0.25, -0.2) is 4.98 Å². The van der Waals surface area contributed by atoms with E-state index in [9.17, 15) is 5.11 Å². The van der Waals surface area contributed by atoms with Gasteiger partial charge in [0.2, 0.25) is 0 Å². The van der Waals surface area contributed by atoms with Gasteiger partial charge in [-0.2, -0.15) is 5.10 Å². The van der Waals surface area contributed by atoms with Crippen molar-refractivity contribution in [2.75, 3.05) is 13.1 Å². The molecule has 1 aromatic heterocycles. The first kappa shape index (κ1) is 12.1. The summed E-state index contributed by atoms with van der Waals surface area (Å²) in [6, 6.07) is 0. The van der Waals surface area contributed by atoms with Crippen LogP contribution in [0.15, 0.2) is 6.33 Å². The van der Waals surface area contributed by atoms with Crippen LogP contribution in [0, 0.1) is 0 Å². The highest BCUT2D eigenvalue weighted by molar-refractivity contribution is 4.82. The average Bonchev–Trinajstić information content (AvgIpc) is 2.49. The summed E-state index contributed by atoms with van der Waals surface area (Å²) in [5.74, 6) is 0.855. The highest BCUT2D eigenvalue weighted by Gasteiger charge is 2.10. The van der Waals surface area contributed by atoms with E-state index < -0.39 is 5.60 Å². The van der Waals surface area contributed by atoms with Crippen LogP contribution in [0.5, 0.6) is 0 Å². The zero-order valence-electron chi connectivity index (χ0n) is 9.69. The van der Waals surface area contributed by atoms with E-state index in [1.807, 2.05) is 20.9 Å². The summed E-state index contributed by atoms with van der Waals surface area (Å²) in [6.07, 6.45) is 3.28. The molecule has 0 fully saturated rings. The van der Waals surface area contributed by atoms with E-state index in [4.69, 9.17) is 0 Å². The fraction of sp³-hybridized carbons (Fsp3) is 0.800. The Morgan fingerprint density at radius 3 is 2.73 bits per heavy atom. The maximum atomic E-state index is 9.47. The van der Waals surface area contributed by atoms with Crippen molar-refractivity contribution < 1.29 is 5.11 Å². The molecule has 2 N–H and O–H groups in total. The molecule has 1 aromatic rings. The van der Waals surface area contributed by atoms with Crippen molar-refractivity contribution in [2.24, 2.45) is 7.05 Å². The van der Waals surface area contributed by atoms with Crippen LogP contribution in [0.2, 0.25) is 0 Å². The van der Waals surface area contributed by atoms with Crippen LogP contribution in [-0.2, 0) is 13.5 Å². The highest BCUT2D eigenvalue weighted by Crippen LogP contribution is 2.04. The molecular formula is C10H20N4O. The van der Waals surface area contributed by atoms with Gasteiger partial charge < -0.3 is 10.4 Å². The lowest BCUT2D eigenvalue weighted by Crippen LogP contribution is -2.28. The van der Waals surface area contributed by atoms with Crippen LogP contribution in [0.4, 0.5) is 0 Å². The number of aryl methyl sites for hydroxylation is 1. The van der Waals surface area contributed by atoms with Crippen LogP contribution in [0.25, 0.3) is 0 Å². The van der Waals surface area contributed by atoms with E-state index >= 15 is 0 Å². The number of aliphatic hydroxyl groups is 1. The van der Waals surface area contributed by atoms with Crippen molar-refractivity contribution in [1.82, 2.24) is 20.1 Å². The summed E-state index contributed by atoms with van der Waals surface area (Å²) in [5.41, 5.74) is -0.587. The van der Waals surface area contributed by atoms with Gasteiger partial charge in [0.15, 0.2) is 5.82 Å². The molecule has 5 heteroatoms. The lowest BCUT2D eigenvalue weighted by molar-refractivity contribution is 0.0713. The fourth-order valence-corrected chi connectivity index (χ4v) is 1.22. The second-order valence-corrected chi connectivity index (χ2v) is 4.40. The Balaban J connectivity index is 2.07. The first-order chi connectivity index (χ1) is 6.97. The maximum absolute atomic E-state index is 9.47. The molecule has 0 unspecified atom stereocenters. The van der Waals surface area contributed by atoms with Gasteiger partial charge in [0.25, 0.3) is 0 Å². The Hall–Kier alpha value is -0.940. The number of rotatable bonds is 6. The number of nitrogens with one attached hydrogen (secondary N) is 1. The van der Waals surface area contributed by atoms with Crippen molar-refractivity contribution >= 4 is 0 Å². The highest BCUT2D eigenvalue weighted by atomic mass is 16.3. The van der Waals surface area contributed by atoms with Crippen LogP contribution < -0.4 is 5.32 Å². The van der Waals surface area contributed by atoms with Crippen molar-refractivity contribution in [3.05, 3.63) is 12.2 Å². The third kappa shape index (κ3) is 5.49. The Morgan fingerprint density at radius 2 is 2.20 bits per heavy atom. The van der Waals surface area contributed by atoms with Gasteiger partial charge >= 0.3 is 0 Å². The summed E-state index contributed by atoms with van der Waals surface area (Å²) >= 11 is 0. The smallest absolute Gasteiger partial charge is 0.151 e. The molecule has 1 rings (SSSR count). The van der Waals surface area contributed by atoms with Gasteiger partial charge in [0, 0.05) is 20.0 Å². The maximum Gasteiger partial charge on any atom is 0.151 e. The summed E-state index contributed by atoms with van der Waals surface area (Å²) in [7, 11) is 1.86. The van der Waals surface area contributed by atoms with E-state index in [2.05, 4.69) is 15.4 Å². The zero-order valence-corrected chi connectivity index (χ0v) is 9.69. The molecule has 0 atom stereocenters. The first-order valence-corrected chi connectivity index (χ1v) is 5.25. The summed E-state index contributed by atoms with van der Waals surface area (Å²) in [5, 5.41) is 16.9. The second-order valence-electron chi connectivity index (χ2n) is 4.40. The molecule has 15 heavy (non-hydrogen) atoms. The molecule has 0 bridgehead atoms. The largest absolute Gasteiger partial charge is 0.390 e. The Morgan fingerprint density at radius 1 is 1.47 bits per heavy atom. The number of aromatic nitrogens is 3. The third-order valence-corrected chi connectivity index (χ3v) is 2.09. The normalized spacial score (nSPS) is 12.0. The molecule has 0 radical (unpaired) electrons. The average molecular weight is 212 g/mol. The molecule has 0 aliphatic rings. The quantitative estimate of drug-likeness (QED) is 0.657. The molecular weight excluding hydrogens is 192 g/mol. The Labute approximate surface area is 90.5 Å². The van der Waals surface area contributed by atoms with E-state index in [1.54, 1.807) is 11.0 Å². The molecule has 1 heterocycles. The molecule has 0 amide bonds. The summed E-state index contributed by atoms with van der Waals surface area (Å²) < 4.78 is 1.70. The minimum Gasteiger partial charge on any atom is -0.390 e. The minimum absolute atomic E-state index is 0.587. The van der Waals surface area contributed by atoms with E-state index in [0.29, 0.717) is 0 Å². The van der Waals surface area contributed by atoms with E-state index in [-0.39, 0.29) is 0 Å². The van der Waals surface area contributed by atoms with Gasteiger partial charge in [0.1, 0.15) is 6.33 Å². The summed E-state index contributed by atoms with van der Waals surface area (Å²) in [6.45, 7) is 5.29. The number of nitrogens with zero attached hydrogens (tertiary/aromatic N) is 3. The topological polar surface area (TPSA) is 63.0 Å². The van der Waals surface area contributed by atoms with Gasteiger partial charge in [-0.05, 0) is 26.8 Å². The molecule has 0 saturated carbocycles. The van der Waals surface area contributed by atoms with Crippen molar-refractivity contribution in [2.45, 2.75) is 32.3 Å². The van der Waals surface area contributed by atoms with Crippen LogP contribution in [0.1, 0.15) is 26.1 Å². The molecule has 0 spiro atoms. The van der Waals surface area contributed by atoms with Gasteiger partial charge in [-0.15, -0.1) is 0 Å². The van der Waals surface area contributed by atoms with Gasteiger partial charge in [-0.3, -0.25) is 4.68 Å². The molecule has 0 saturated heterocycles. The van der Waals surface area contributed by atoms with Crippen LogP contribution in [0.3, 0.4) is 0 Å². The summed E-state index contributed by atoms with van der Waals surface area (Å²) in [4.78, 5) is 4.12. The Kier molecular flexibility index (Phi) is 4.23. The van der Waals surface area contributed by atoms with Gasteiger partial charge in [0.05, 0.1) is 5.60 Å². The van der Waals surface area contributed by atoms with Crippen molar-refractivity contribution in [1.29, 1.82) is 0 Å². The molecule has 0 aliphatic heterocycles. The zero-order chi connectivity index (χ0) is 11.3. The molecule has 0 aliphatic carbocycles. The Bertz CT molecular complexity index is 290. The van der Waals surface area contributed by atoms with Gasteiger partial charge in [-0.1, -0.05) is 0 Å². The van der Waals surface area contributed by atoms with Crippen molar-refractivity contribution in [3.8, 4) is 0 Å². The third-order valence-electron chi connectivity index (χ3n) is 2.09. The standard InChI is InChI=1S/C10H20N4O/c1-10(2,15)5-7-11-6-4-9-12-8-14(3)13-9/h8,11,15H,4-7H2,1-3H3. The fourth-order valence-electron chi connectivity index (χ4n) is 1.22. The van der Waals surface area contributed by atoms with E-state index in [1.165, 1.54) is 0 Å². The van der Waals surface area contributed by atoms with Crippen molar-refractivity contribution in [3.63, 3.8) is 0 Å². The lowest BCUT2D eigenvalue weighted by atomic mass is 10.1. The lowest BCUT2D eigenvalue weighted by Gasteiger charge is -2.16. The number of hydrogen-bond acceptors (Lipinski definition) is 4. The first-order valence-electron chi connectivity index (χ1n) is 5.25. The number of hydrogen-bond donors (Lipinski definition) is 2. The second kappa shape index (κ2) is 5.23. The predicted octanol–water partition coefficient (Wildman–Crippen LogP) is 0.108.